The molecule has 0 atom stereocenters. The van der Waals surface area contributed by atoms with Gasteiger partial charge in [0.2, 0.25) is 3.83 Å². The highest BCUT2D eigenvalue weighted by Crippen LogP contribution is 2.00. The van der Waals surface area contributed by atoms with Crippen LogP contribution < -0.4 is 0 Å². The molecular formula is C5H7IN2O2. The van der Waals surface area contributed by atoms with Crippen molar-refractivity contribution in [2.75, 3.05) is 6.61 Å². The van der Waals surface area contributed by atoms with Gasteiger partial charge >= 0.3 is 0 Å². The molecule has 1 aromatic rings. The number of hydrogen-bond acceptors (Lipinski definition) is 4. The van der Waals surface area contributed by atoms with Gasteiger partial charge in [0.05, 0.1) is 0 Å². The van der Waals surface area contributed by atoms with Gasteiger partial charge in [0.15, 0.2) is 0 Å². The van der Waals surface area contributed by atoms with Gasteiger partial charge in [0, 0.05) is 29.2 Å². The summed E-state index contributed by atoms with van der Waals surface area (Å²) in [7, 11) is 0. The third kappa shape index (κ3) is 2.22. The van der Waals surface area contributed by atoms with E-state index in [0.29, 0.717) is 22.9 Å². The van der Waals surface area contributed by atoms with Gasteiger partial charge in [-0.1, -0.05) is 5.16 Å². The molecule has 0 aromatic carbocycles. The van der Waals surface area contributed by atoms with Crippen LogP contribution in [0, 0.1) is 3.83 Å². The van der Waals surface area contributed by atoms with Crippen LogP contribution in [0.3, 0.4) is 0 Å². The molecule has 0 aliphatic heterocycles. The van der Waals surface area contributed by atoms with E-state index in [1.165, 1.54) is 0 Å². The highest BCUT2D eigenvalue weighted by molar-refractivity contribution is 14.1. The molecule has 5 heteroatoms. The van der Waals surface area contributed by atoms with E-state index < -0.39 is 0 Å². The number of halogens is 1. The Balaban J connectivity index is 2.42. The second kappa shape index (κ2) is 3.87. The summed E-state index contributed by atoms with van der Waals surface area (Å²) in [5, 5.41) is 3.59. The molecule has 0 aliphatic rings. The van der Waals surface area contributed by atoms with Crippen LogP contribution in [0.4, 0.5) is 0 Å². The van der Waals surface area contributed by atoms with Gasteiger partial charge in [-0.15, -0.1) is 0 Å². The lowest BCUT2D eigenvalue weighted by atomic mass is 10.7. The van der Waals surface area contributed by atoms with Gasteiger partial charge < -0.3 is 9.26 Å². The summed E-state index contributed by atoms with van der Waals surface area (Å²) in [6.07, 6.45) is 0. The highest BCUT2D eigenvalue weighted by Gasteiger charge is 2.00. The van der Waals surface area contributed by atoms with Crippen molar-refractivity contribution in [3.63, 3.8) is 0 Å². The van der Waals surface area contributed by atoms with Crippen LogP contribution in [0.1, 0.15) is 12.8 Å². The second-order valence-electron chi connectivity index (χ2n) is 1.59. The molecule has 0 saturated carbocycles. The fourth-order valence-electron chi connectivity index (χ4n) is 0.482. The Bertz CT molecular complexity index is 201. The molecule has 56 valence electrons. The lowest BCUT2D eigenvalue weighted by molar-refractivity contribution is 0.109. The average Bonchev–Trinajstić information content (AvgIpc) is 2.31. The smallest absolute Gasteiger partial charge is 0.253 e. The first kappa shape index (κ1) is 7.93. The van der Waals surface area contributed by atoms with Gasteiger partial charge in [0.25, 0.3) is 5.89 Å². The van der Waals surface area contributed by atoms with E-state index in [2.05, 4.69) is 10.1 Å². The fraction of sp³-hybridized carbons (Fsp3) is 0.600. The largest absolute Gasteiger partial charge is 0.372 e. The van der Waals surface area contributed by atoms with Crippen LogP contribution in [0.15, 0.2) is 4.52 Å². The van der Waals surface area contributed by atoms with E-state index in [4.69, 9.17) is 9.26 Å². The Morgan fingerprint density at radius 1 is 1.70 bits per heavy atom. The molecular weight excluding hydrogens is 247 g/mol. The summed E-state index contributed by atoms with van der Waals surface area (Å²) < 4.78 is 10.4. The Labute approximate surface area is 72.1 Å². The molecule has 0 aliphatic carbocycles. The van der Waals surface area contributed by atoms with E-state index in [1.807, 2.05) is 29.5 Å². The van der Waals surface area contributed by atoms with Crippen LogP contribution in [0.5, 0.6) is 0 Å². The van der Waals surface area contributed by atoms with Crippen LogP contribution in [0.2, 0.25) is 0 Å². The molecule has 0 fully saturated rings. The molecule has 0 saturated heterocycles. The summed E-state index contributed by atoms with van der Waals surface area (Å²) in [4.78, 5) is 3.93. The number of hydrogen-bond donors (Lipinski definition) is 0. The summed E-state index contributed by atoms with van der Waals surface area (Å²) in [5.41, 5.74) is 0. The maximum Gasteiger partial charge on any atom is 0.253 e. The summed E-state index contributed by atoms with van der Waals surface area (Å²) in [6, 6.07) is 0. The number of aromatic nitrogens is 2. The van der Waals surface area contributed by atoms with Crippen molar-refractivity contribution in [2.45, 2.75) is 13.5 Å². The zero-order valence-corrected chi connectivity index (χ0v) is 7.66. The minimum atomic E-state index is 0.409. The lowest BCUT2D eigenvalue weighted by Crippen LogP contribution is -1.91. The second-order valence-corrected chi connectivity index (χ2v) is 2.56. The number of rotatable bonds is 3. The molecule has 1 aromatic heterocycles. The molecule has 0 N–H and O–H groups in total. The first-order valence-electron chi connectivity index (χ1n) is 2.88. The zero-order valence-electron chi connectivity index (χ0n) is 5.50. The van der Waals surface area contributed by atoms with Crippen molar-refractivity contribution in [3.8, 4) is 0 Å². The molecule has 4 nitrogen and oxygen atoms in total. The van der Waals surface area contributed by atoms with Crippen molar-refractivity contribution in [2.24, 2.45) is 0 Å². The van der Waals surface area contributed by atoms with E-state index in [0.717, 1.165) is 0 Å². The molecule has 0 unspecified atom stereocenters. The Hall–Kier alpha value is -0.170. The van der Waals surface area contributed by atoms with Crippen LogP contribution in [-0.2, 0) is 11.3 Å². The minimum Gasteiger partial charge on any atom is -0.372 e. The summed E-state index contributed by atoms with van der Waals surface area (Å²) in [5.74, 6) is 0.534. The van der Waals surface area contributed by atoms with Gasteiger partial charge in [0.1, 0.15) is 6.61 Å². The third-order valence-electron chi connectivity index (χ3n) is 0.873. The maximum atomic E-state index is 5.03. The fourth-order valence-corrected chi connectivity index (χ4v) is 0.850. The standard InChI is InChI=1S/C5H7IN2O2/c1-2-9-3-4-7-5(6)8-10-4/h2-3H2,1H3. The average molecular weight is 254 g/mol. The van der Waals surface area contributed by atoms with Gasteiger partial charge in [-0.25, -0.2) is 0 Å². The van der Waals surface area contributed by atoms with Crippen molar-refractivity contribution < 1.29 is 9.26 Å². The predicted molar refractivity (Wildman–Crippen MR) is 42.3 cm³/mol. The molecule has 10 heavy (non-hydrogen) atoms. The zero-order chi connectivity index (χ0) is 7.40. The van der Waals surface area contributed by atoms with Crippen LogP contribution in [0.25, 0.3) is 0 Å². The normalized spacial score (nSPS) is 10.2. The minimum absolute atomic E-state index is 0.409. The lowest BCUT2D eigenvalue weighted by Gasteiger charge is -1.91. The molecule has 1 rings (SSSR count). The van der Waals surface area contributed by atoms with Gasteiger partial charge in [-0.2, -0.15) is 4.98 Å². The SMILES string of the molecule is CCOCc1nc(I)no1. The molecule has 0 spiro atoms. The van der Waals surface area contributed by atoms with E-state index >= 15 is 0 Å². The van der Waals surface area contributed by atoms with Gasteiger partial charge in [-0.05, 0) is 6.92 Å². The molecule has 0 bridgehead atoms. The van der Waals surface area contributed by atoms with Crippen molar-refractivity contribution in [1.29, 1.82) is 0 Å². The Kier molecular flexibility index (Phi) is 3.07. The van der Waals surface area contributed by atoms with Crippen molar-refractivity contribution in [1.82, 2.24) is 10.1 Å². The van der Waals surface area contributed by atoms with Crippen molar-refractivity contribution >= 4 is 22.6 Å². The quantitative estimate of drug-likeness (QED) is 0.760. The van der Waals surface area contributed by atoms with E-state index in [9.17, 15) is 0 Å². The Morgan fingerprint density at radius 3 is 3.00 bits per heavy atom. The topological polar surface area (TPSA) is 48.2 Å². The molecule has 0 amide bonds. The van der Waals surface area contributed by atoms with Crippen LogP contribution >= 0.6 is 22.6 Å². The number of nitrogens with zero attached hydrogens (tertiary/aromatic N) is 2. The predicted octanol–water partition coefficient (Wildman–Crippen LogP) is 1.21. The number of ether oxygens (including phenoxy) is 1. The summed E-state index contributed by atoms with van der Waals surface area (Å²) in [6.45, 7) is 2.99. The summed E-state index contributed by atoms with van der Waals surface area (Å²) >= 11 is 1.98. The maximum absolute atomic E-state index is 5.03. The third-order valence-corrected chi connectivity index (χ3v) is 1.31. The van der Waals surface area contributed by atoms with Crippen LogP contribution in [-0.4, -0.2) is 16.7 Å². The highest BCUT2D eigenvalue weighted by atomic mass is 127. The first-order valence-corrected chi connectivity index (χ1v) is 3.96. The molecule has 0 radical (unpaired) electrons. The first-order chi connectivity index (χ1) is 4.83. The molecule has 1 heterocycles. The Morgan fingerprint density at radius 2 is 2.50 bits per heavy atom. The van der Waals surface area contributed by atoms with E-state index in [1.54, 1.807) is 0 Å². The van der Waals surface area contributed by atoms with Crippen molar-refractivity contribution in [3.05, 3.63) is 9.72 Å². The van der Waals surface area contributed by atoms with E-state index in [-0.39, 0.29) is 0 Å². The monoisotopic (exact) mass is 254 g/mol. The van der Waals surface area contributed by atoms with Gasteiger partial charge in [-0.3, -0.25) is 0 Å².